The largest absolute Gasteiger partial charge is 0.348 e. The molecule has 1 aliphatic rings. The summed E-state index contributed by atoms with van der Waals surface area (Å²) >= 11 is 1.85. The van der Waals surface area contributed by atoms with E-state index in [1.165, 1.54) is 37.8 Å². The van der Waals surface area contributed by atoms with Crippen LogP contribution in [0, 0.1) is 6.92 Å². The van der Waals surface area contributed by atoms with Gasteiger partial charge in [-0.05, 0) is 48.4 Å². The fourth-order valence-electron chi connectivity index (χ4n) is 3.28. The van der Waals surface area contributed by atoms with Crippen LogP contribution in [0.3, 0.4) is 0 Å². The summed E-state index contributed by atoms with van der Waals surface area (Å²) in [6.07, 6.45) is 11.6. The minimum atomic E-state index is 0.954. The number of thiophene rings is 1. The van der Waals surface area contributed by atoms with Crippen molar-refractivity contribution in [2.45, 2.75) is 41.0 Å². The molecular formula is C29H35NS. The second kappa shape index (κ2) is 12.8. The molecule has 0 bridgehead atoms. The molecule has 0 unspecified atom stereocenters. The molecule has 0 radical (unpaired) electrons. The van der Waals surface area contributed by atoms with Gasteiger partial charge in [-0.3, -0.25) is 0 Å². The molecule has 3 aromatic rings. The summed E-state index contributed by atoms with van der Waals surface area (Å²) in [7, 11) is 2.13. The Morgan fingerprint density at radius 3 is 2.10 bits per heavy atom. The highest BCUT2D eigenvalue weighted by atomic mass is 32.1. The van der Waals surface area contributed by atoms with E-state index in [2.05, 4.69) is 110 Å². The fraction of sp³-hybridized carbons (Fsp3) is 0.241. The summed E-state index contributed by atoms with van der Waals surface area (Å²) in [6, 6.07) is 22.0. The summed E-state index contributed by atoms with van der Waals surface area (Å²) in [5.41, 5.74) is 6.37. The minimum Gasteiger partial charge on any atom is -0.348 e. The van der Waals surface area contributed by atoms with Crippen molar-refractivity contribution in [3.63, 3.8) is 0 Å². The van der Waals surface area contributed by atoms with Crippen molar-refractivity contribution in [2.75, 3.05) is 11.9 Å². The zero-order chi connectivity index (χ0) is 22.6. The average Bonchev–Trinajstić information content (AvgIpc) is 3.17. The molecule has 1 nitrogen and oxygen atoms in total. The van der Waals surface area contributed by atoms with Crippen LogP contribution >= 0.6 is 11.3 Å². The lowest BCUT2D eigenvalue weighted by Crippen LogP contribution is -2.15. The average molecular weight is 430 g/mol. The van der Waals surface area contributed by atoms with Crippen LogP contribution in [-0.2, 0) is 0 Å². The maximum absolute atomic E-state index is 2.26. The number of aryl methyl sites for hydroxylation is 1. The van der Waals surface area contributed by atoms with Crippen molar-refractivity contribution < 1.29 is 0 Å². The molecule has 31 heavy (non-hydrogen) atoms. The van der Waals surface area contributed by atoms with Crippen LogP contribution in [0.5, 0.6) is 0 Å². The molecule has 4 rings (SSSR count). The molecule has 0 aliphatic heterocycles. The zero-order valence-electron chi connectivity index (χ0n) is 19.7. The lowest BCUT2D eigenvalue weighted by Gasteiger charge is -2.22. The number of benzene rings is 2. The Labute approximate surface area is 193 Å². The molecule has 162 valence electrons. The highest BCUT2D eigenvalue weighted by Gasteiger charge is 2.09. The van der Waals surface area contributed by atoms with Crippen LogP contribution in [-0.4, -0.2) is 7.05 Å². The number of hydrogen-bond acceptors (Lipinski definition) is 2. The van der Waals surface area contributed by atoms with Gasteiger partial charge in [-0.2, -0.15) is 0 Å². The molecule has 1 aliphatic carbocycles. The van der Waals surface area contributed by atoms with E-state index in [4.69, 9.17) is 0 Å². The highest BCUT2D eigenvalue weighted by Crippen LogP contribution is 2.35. The van der Waals surface area contributed by atoms with Crippen LogP contribution in [0.1, 0.15) is 39.7 Å². The van der Waals surface area contributed by atoms with Crippen LogP contribution in [0.15, 0.2) is 96.7 Å². The Morgan fingerprint density at radius 1 is 0.742 bits per heavy atom. The monoisotopic (exact) mass is 429 g/mol. The molecule has 2 aromatic carbocycles. The standard InChI is InChI=1S/C25H23NS.2C2H6/c1-19-8-7-9-21(18-19)25-17-16-24(27-25)20-12-14-23(15-13-20)26(2)22-10-5-3-4-6-11-22;2*1-2/h3-10,12-18H,11H2,1-2H3;2*1-2H3. The van der Waals surface area contributed by atoms with E-state index < -0.39 is 0 Å². The number of anilines is 1. The van der Waals surface area contributed by atoms with Gasteiger partial charge in [-0.25, -0.2) is 0 Å². The van der Waals surface area contributed by atoms with Gasteiger partial charge in [0.2, 0.25) is 0 Å². The summed E-state index contributed by atoms with van der Waals surface area (Å²) in [4.78, 5) is 4.88. The first-order valence-corrected chi connectivity index (χ1v) is 12.1. The van der Waals surface area contributed by atoms with Gasteiger partial charge in [-0.15, -0.1) is 11.3 Å². The van der Waals surface area contributed by atoms with Gasteiger partial charge in [0.15, 0.2) is 0 Å². The maximum Gasteiger partial charge on any atom is 0.0406 e. The second-order valence-corrected chi connectivity index (χ2v) is 7.90. The van der Waals surface area contributed by atoms with Crippen molar-refractivity contribution >= 4 is 17.0 Å². The molecule has 2 heteroatoms. The first-order valence-electron chi connectivity index (χ1n) is 11.2. The fourth-order valence-corrected chi connectivity index (χ4v) is 4.28. The van der Waals surface area contributed by atoms with Crippen LogP contribution in [0.25, 0.3) is 20.9 Å². The molecule has 1 aromatic heterocycles. The third-order valence-electron chi connectivity index (χ3n) is 4.85. The molecule has 0 fully saturated rings. The third-order valence-corrected chi connectivity index (χ3v) is 6.04. The molecule has 0 spiro atoms. The molecule has 0 saturated heterocycles. The summed E-state index contributed by atoms with van der Waals surface area (Å²) in [5, 5.41) is 0. The number of rotatable bonds is 4. The Hall–Kier alpha value is -2.84. The zero-order valence-corrected chi connectivity index (χ0v) is 20.5. The molecule has 1 heterocycles. The van der Waals surface area contributed by atoms with Crippen molar-refractivity contribution in [3.8, 4) is 20.9 Å². The van der Waals surface area contributed by atoms with Gasteiger partial charge in [0.1, 0.15) is 0 Å². The predicted octanol–water partition coefficient (Wildman–Crippen LogP) is 9.28. The van der Waals surface area contributed by atoms with Crippen molar-refractivity contribution in [2.24, 2.45) is 0 Å². The summed E-state index contributed by atoms with van der Waals surface area (Å²) in [6.45, 7) is 10.1. The maximum atomic E-state index is 2.26. The van der Waals surface area contributed by atoms with E-state index >= 15 is 0 Å². The lowest BCUT2D eigenvalue weighted by molar-refractivity contribution is 1.03. The predicted molar refractivity (Wildman–Crippen MR) is 142 cm³/mol. The third kappa shape index (κ3) is 6.57. The van der Waals surface area contributed by atoms with Gasteiger partial charge < -0.3 is 4.90 Å². The van der Waals surface area contributed by atoms with E-state index in [0.717, 1.165) is 6.42 Å². The Morgan fingerprint density at radius 2 is 1.42 bits per heavy atom. The van der Waals surface area contributed by atoms with E-state index in [1.54, 1.807) is 0 Å². The van der Waals surface area contributed by atoms with Gasteiger partial charge in [0, 0.05) is 34.6 Å². The molecule has 0 atom stereocenters. The quantitative estimate of drug-likeness (QED) is 0.399. The highest BCUT2D eigenvalue weighted by molar-refractivity contribution is 7.18. The van der Waals surface area contributed by atoms with Crippen LogP contribution in [0.4, 0.5) is 5.69 Å². The SMILES string of the molecule is CC.CC.Cc1cccc(-c2ccc(-c3ccc(N(C)C4=CC=CC=CC4)cc3)s2)c1. The molecule has 0 amide bonds. The normalized spacial score (nSPS) is 12.0. The Balaban J connectivity index is 0.000000807. The van der Waals surface area contributed by atoms with E-state index in [9.17, 15) is 0 Å². The number of allylic oxidation sites excluding steroid dienone is 5. The lowest BCUT2D eigenvalue weighted by atomic mass is 10.1. The van der Waals surface area contributed by atoms with Gasteiger partial charge in [0.25, 0.3) is 0 Å². The first kappa shape index (κ1) is 24.4. The van der Waals surface area contributed by atoms with E-state index in [1.807, 2.05) is 39.0 Å². The van der Waals surface area contributed by atoms with E-state index in [-0.39, 0.29) is 0 Å². The Kier molecular flexibility index (Phi) is 10.1. The van der Waals surface area contributed by atoms with Gasteiger partial charge >= 0.3 is 0 Å². The van der Waals surface area contributed by atoms with Crippen molar-refractivity contribution in [1.29, 1.82) is 0 Å². The van der Waals surface area contributed by atoms with Gasteiger partial charge in [-0.1, -0.05) is 94.0 Å². The van der Waals surface area contributed by atoms with Crippen molar-refractivity contribution in [1.82, 2.24) is 0 Å². The summed E-state index contributed by atoms with van der Waals surface area (Å²) < 4.78 is 0. The van der Waals surface area contributed by atoms with E-state index in [0.29, 0.717) is 0 Å². The first-order chi connectivity index (χ1) is 15.2. The summed E-state index contributed by atoms with van der Waals surface area (Å²) in [5.74, 6) is 0. The van der Waals surface area contributed by atoms with Crippen LogP contribution < -0.4 is 4.90 Å². The number of nitrogens with zero attached hydrogens (tertiary/aromatic N) is 1. The second-order valence-electron chi connectivity index (χ2n) is 6.81. The topological polar surface area (TPSA) is 3.24 Å². The Bertz CT molecular complexity index is 1020. The molecular weight excluding hydrogens is 394 g/mol. The van der Waals surface area contributed by atoms with Crippen molar-refractivity contribution in [3.05, 3.63) is 102 Å². The van der Waals surface area contributed by atoms with Gasteiger partial charge in [0.05, 0.1) is 0 Å². The van der Waals surface area contributed by atoms with Crippen LogP contribution in [0.2, 0.25) is 0 Å². The smallest absolute Gasteiger partial charge is 0.0406 e. The number of hydrogen-bond donors (Lipinski definition) is 0. The molecule has 0 saturated carbocycles. The molecule has 0 N–H and O–H groups in total. The minimum absolute atomic E-state index is 0.954.